The van der Waals surface area contributed by atoms with Crippen molar-refractivity contribution >= 4 is 5.91 Å². The first kappa shape index (κ1) is 15.4. The molecule has 4 heteroatoms. The highest BCUT2D eigenvalue weighted by Crippen LogP contribution is 2.08. The molecule has 4 nitrogen and oxygen atoms in total. The number of carbonyl (C=O) groups is 1. The molecule has 3 N–H and O–H groups in total. The molecular formula is C14H29N3O. The lowest BCUT2D eigenvalue weighted by atomic mass is 10.1. The number of nitrogens with zero attached hydrogens (tertiary/aromatic N) is 1. The van der Waals surface area contributed by atoms with Gasteiger partial charge in [-0.1, -0.05) is 32.6 Å². The topological polar surface area (TPSA) is 58.4 Å². The Morgan fingerprint density at radius 2 is 1.94 bits per heavy atom. The lowest BCUT2D eigenvalue weighted by molar-refractivity contribution is -0.122. The van der Waals surface area contributed by atoms with E-state index in [4.69, 9.17) is 5.73 Å². The van der Waals surface area contributed by atoms with E-state index in [-0.39, 0.29) is 11.9 Å². The molecular weight excluding hydrogens is 226 g/mol. The molecule has 0 unspecified atom stereocenters. The highest BCUT2D eigenvalue weighted by atomic mass is 16.2. The summed E-state index contributed by atoms with van der Waals surface area (Å²) in [5.74, 6) is 0.0123. The maximum Gasteiger partial charge on any atom is 0.236 e. The zero-order valence-corrected chi connectivity index (χ0v) is 11.8. The van der Waals surface area contributed by atoms with Crippen molar-refractivity contribution in [3.8, 4) is 0 Å². The molecule has 1 rings (SSSR count). The second-order valence-electron chi connectivity index (χ2n) is 5.30. The number of amides is 1. The standard InChI is InChI=1S/C14H29N3O/c1-2-3-8-13(15)14(18)16-9-12-17-10-6-4-5-7-11-17/h13H,2-12,15H2,1H3,(H,16,18)/t13-/m0/s1. The third kappa shape index (κ3) is 6.36. The first-order valence-electron chi connectivity index (χ1n) is 7.49. The summed E-state index contributed by atoms with van der Waals surface area (Å²) in [7, 11) is 0. The summed E-state index contributed by atoms with van der Waals surface area (Å²) < 4.78 is 0. The van der Waals surface area contributed by atoms with E-state index in [1.165, 1.54) is 38.8 Å². The zero-order chi connectivity index (χ0) is 13.2. The maximum absolute atomic E-state index is 11.7. The van der Waals surface area contributed by atoms with Crippen LogP contribution in [-0.4, -0.2) is 43.0 Å². The van der Waals surface area contributed by atoms with E-state index in [9.17, 15) is 4.79 Å². The Morgan fingerprint density at radius 1 is 1.28 bits per heavy atom. The molecule has 0 saturated carbocycles. The number of hydrogen-bond acceptors (Lipinski definition) is 3. The van der Waals surface area contributed by atoms with Gasteiger partial charge >= 0.3 is 0 Å². The molecule has 0 aliphatic carbocycles. The minimum atomic E-state index is -0.325. The third-order valence-corrected chi connectivity index (χ3v) is 3.63. The maximum atomic E-state index is 11.7. The predicted molar refractivity (Wildman–Crippen MR) is 75.4 cm³/mol. The van der Waals surface area contributed by atoms with Crippen molar-refractivity contribution in [3.05, 3.63) is 0 Å². The second-order valence-corrected chi connectivity index (χ2v) is 5.30. The van der Waals surface area contributed by atoms with E-state index < -0.39 is 0 Å². The lowest BCUT2D eigenvalue weighted by Gasteiger charge is -2.20. The van der Waals surface area contributed by atoms with Crippen LogP contribution in [0.4, 0.5) is 0 Å². The fraction of sp³-hybridized carbons (Fsp3) is 0.929. The number of unbranched alkanes of at least 4 members (excludes halogenated alkanes) is 1. The molecule has 106 valence electrons. The normalized spacial score (nSPS) is 19.2. The molecule has 1 heterocycles. The van der Waals surface area contributed by atoms with Crippen LogP contribution in [-0.2, 0) is 4.79 Å². The first-order chi connectivity index (χ1) is 8.74. The van der Waals surface area contributed by atoms with Gasteiger partial charge in [-0.25, -0.2) is 0 Å². The number of rotatable bonds is 7. The summed E-state index contributed by atoms with van der Waals surface area (Å²) in [4.78, 5) is 14.2. The zero-order valence-electron chi connectivity index (χ0n) is 11.8. The minimum absolute atomic E-state index is 0.0123. The molecule has 1 aliphatic heterocycles. The number of likely N-dealkylation sites (tertiary alicyclic amines) is 1. The Morgan fingerprint density at radius 3 is 2.56 bits per heavy atom. The van der Waals surface area contributed by atoms with Crippen LogP contribution < -0.4 is 11.1 Å². The van der Waals surface area contributed by atoms with Crippen molar-refractivity contribution in [2.45, 2.75) is 57.9 Å². The van der Waals surface area contributed by atoms with E-state index in [1.54, 1.807) is 0 Å². The summed E-state index contributed by atoms with van der Waals surface area (Å²) in [5, 5.41) is 2.95. The van der Waals surface area contributed by atoms with Gasteiger partial charge in [0.25, 0.3) is 0 Å². The summed E-state index contributed by atoms with van der Waals surface area (Å²) in [6.45, 7) is 6.17. The van der Waals surface area contributed by atoms with Crippen LogP contribution in [0.15, 0.2) is 0 Å². The average Bonchev–Trinajstić information content (AvgIpc) is 2.64. The Kier molecular flexibility index (Phi) is 8.01. The van der Waals surface area contributed by atoms with Crippen LogP contribution in [0.5, 0.6) is 0 Å². The van der Waals surface area contributed by atoms with Crippen molar-refractivity contribution in [2.75, 3.05) is 26.2 Å². The van der Waals surface area contributed by atoms with Gasteiger partial charge in [-0.05, 0) is 32.4 Å². The smallest absolute Gasteiger partial charge is 0.236 e. The molecule has 0 radical (unpaired) electrons. The summed E-state index contributed by atoms with van der Waals surface area (Å²) >= 11 is 0. The van der Waals surface area contributed by atoms with Gasteiger partial charge in [0.2, 0.25) is 5.91 Å². The van der Waals surface area contributed by atoms with Crippen LogP contribution >= 0.6 is 0 Å². The second kappa shape index (κ2) is 9.34. The summed E-state index contributed by atoms with van der Waals surface area (Å²) in [6.07, 6.45) is 8.21. The van der Waals surface area contributed by atoms with Gasteiger partial charge in [0.05, 0.1) is 6.04 Å². The minimum Gasteiger partial charge on any atom is -0.353 e. The van der Waals surface area contributed by atoms with Crippen LogP contribution in [0.25, 0.3) is 0 Å². The number of nitrogens with two attached hydrogens (primary N) is 1. The van der Waals surface area contributed by atoms with E-state index in [0.29, 0.717) is 0 Å². The van der Waals surface area contributed by atoms with Gasteiger partial charge < -0.3 is 16.0 Å². The average molecular weight is 255 g/mol. The summed E-state index contributed by atoms with van der Waals surface area (Å²) in [5.41, 5.74) is 5.82. The molecule has 1 aliphatic rings. The number of nitrogens with one attached hydrogen (secondary N) is 1. The first-order valence-corrected chi connectivity index (χ1v) is 7.49. The van der Waals surface area contributed by atoms with Crippen molar-refractivity contribution in [1.82, 2.24) is 10.2 Å². The Balaban J connectivity index is 2.10. The van der Waals surface area contributed by atoms with E-state index in [1.807, 2.05) is 0 Å². The van der Waals surface area contributed by atoms with Crippen LogP contribution in [0.1, 0.15) is 51.9 Å². The van der Waals surface area contributed by atoms with Crippen molar-refractivity contribution in [2.24, 2.45) is 5.73 Å². The number of carbonyl (C=O) groups excluding carboxylic acids is 1. The molecule has 0 bridgehead atoms. The molecule has 1 saturated heterocycles. The molecule has 0 aromatic carbocycles. The third-order valence-electron chi connectivity index (χ3n) is 3.63. The van der Waals surface area contributed by atoms with E-state index in [2.05, 4.69) is 17.1 Å². The molecule has 18 heavy (non-hydrogen) atoms. The van der Waals surface area contributed by atoms with Gasteiger partial charge in [-0.3, -0.25) is 4.79 Å². The van der Waals surface area contributed by atoms with Crippen molar-refractivity contribution < 1.29 is 4.79 Å². The Bertz CT molecular complexity index is 225. The SMILES string of the molecule is CCCC[C@H](N)C(=O)NCCN1CCCCCC1. The lowest BCUT2D eigenvalue weighted by Crippen LogP contribution is -2.43. The van der Waals surface area contributed by atoms with Gasteiger partial charge in [0.15, 0.2) is 0 Å². The van der Waals surface area contributed by atoms with Crippen LogP contribution in [0, 0.1) is 0 Å². The number of hydrogen-bond donors (Lipinski definition) is 2. The van der Waals surface area contributed by atoms with E-state index >= 15 is 0 Å². The molecule has 1 atom stereocenters. The fourth-order valence-electron chi connectivity index (χ4n) is 2.38. The highest BCUT2D eigenvalue weighted by molar-refractivity contribution is 5.81. The molecule has 1 amide bonds. The monoisotopic (exact) mass is 255 g/mol. The van der Waals surface area contributed by atoms with Gasteiger partial charge in [-0.15, -0.1) is 0 Å². The largest absolute Gasteiger partial charge is 0.353 e. The highest BCUT2D eigenvalue weighted by Gasteiger charge is 2.13. The Labute approximate surface area is 111 Å². The molecule has 0 aromatic rings. The van der Waals surface area contributed by atoms with Crippen LogP contribution in [0.3, 0.4) is 0 Å². The molecule has 0 aromatic heterocycles. The van der Waals surface area contributed by atoms with Gasteiger partial charge in [0, 0.05) is 13.1 Å². The van der Waals surface area contributed by atoms with E-state index in [0.717, 1.165) is 32.4 Å². The fourth-order valence-corrected chi connectivity index (χ4v) is 2.38. The van der Waals surface area contributed by atoms with Gasteiger partial charge in [-0.2, -0.15) is 0 Å². The summed E-state index contributed by atoms with van der Waals surface area (Å²) in [6, 6.07) is -0.325. The Hall–Kier alpha value is -0.610. The van der Waals surface area contributed by atoms with Crippen molar-refractivity contribution in [3.63, 3.8) is 0 Å². The van der Waals surface area contributed by atoms with Gasteiger partial charge in [0.1, 0.15) is 0 Å². The predicted octanol–water partition coefficient (Wildman–Crippen LogP) is 1.50. The molecule has 0 spiro atoms. The quantitative estimate of drug-likeness (QED) is 0.725. The van der Waals surface area contributed by atoms with Crippen molar-refractivity contribution in [1.29, 1.82) is 0 Å². The molecule has 1 fully saturated rings. The van der Waals surface area contributed by atoms with Crippen LogP contribution in [0.2, 0.25) is 0 Å².